The van der Waals surface area contributed by atoms with E-state index < -0.39 is 31.7 Å². The van der Waals surface area contributed by atoms with Crippen LogP contribution in [0.25, 0.3) is 10.6 Å². The summed E-state index contributed by atoms with van der Waals surface area (Å²) in [6, 6.07) is 187. The second-order valence-electron chi connectivity index (χ2n) is 27.8. The molecule has 0 atom stereocenters. The summed E-state index contributed by atoms with van der Waals surface area (Å²) < 4.78 is 0. The van der Waals surface area contributed by atoms with Gasteiger partial charge in [0.15, 0.2) is 0 Å². The fourth-order valence-corrected chi connectivity index (χ4v) is 23.1. The van der Waals surface area contributed by atoms with Crippen molar-refractivity contribution in [3.8, 4) is 0 Å². The first-order valence-corrected chi connectivity index (χ1v) is 46.1. The largest absolute Gasteiger partial charge is 1.00 e. The fraction of sp³-hybridized carbons (Fsp3) is 0.0357. The summed E-state index contributed by atoms with van der Waals surface area (Å²) in [5, 5.41) is 26.3. The normalized spacial score (nSPS) is 10.0. The second-order valence-corrected chi connectivity index (χ2v) is 37.7. The van der Waals surface area contributed by atoms with Crippen molar-refractivity contribution < 1.29 is 34.1 Å². The Balaban J connectivity index is 0.000000159. The minimum absolute atomic E-state index is 0. The van der Waals surface area contributed by atoms with Crippen LogP contribution in [-0.2, 0) is 34.1 Å². The summed E-state index contributed by atoms with van der Waals surface area (Å²) in [5.74, 6) is 0. The monoisotopic (exact) mass is 1730 g/mol. The van der Waals surface area contributed by atoms with Crippen LogP contribution >= 0.6 is 31.7 Å². The van der Waals surface area contributed by atoms with Crippen molar-refractivity contribution in [3.05, 3.63) is 567 Å². The van der Waals surface area contributed by atoms with Crippen LogP contribution in [0.15, 0.2) is 534 Å². The SMILES string of the molecule is Cc1ccc([N-]c2ccc(C)cc2)cc1.Cc1ccc([N-]c2ccc(C)cc2)cc1.[Cu+].[Cu+].c1ccc([PH+](c2ccccc2)c2ccccc2)cc1.c1ccc([PH+](c2ccccc2)c2ccccc2)cc1.c1ccc([PH+](c2ccccc2)c2ccccc2)cc1.c1ccc([PH+](c2ccccc2)c2ccccc2)cc1.c1ccccc1.c1ccccc1. The van der Waals surface area contributed by atoms with E-state index in [9.17, 15) is 0 Å². The Morgan fingerprint density at radius 1 is 0.117 bits per heavy atom. The van der Waals surface area contributed by atoms with Crippen LogP contribution in [-0.4, -0.2) is 0 Å². The van der Waals surface area contributed by atoms with Crippen LogP contribution < -0.4 is 63.7 Å². The van der Waals surface area contributed by atoms with E-state index in [-0.39, 0.29) is 34.1 Å². The molecule has 120 heavy (non-hydrogen) atoms. The molecule has 0 aliphatic carbocycles. The maximum atomic E-state index is 4.52. The number of benzene rings is 18. The van der Waals surface area contributed by atoms with Gasteiger partial charge in [0, 0.05) is 0 Å². The van der Waals surface area contributed by atoms with Crippen molar-refractivity contribution in [2.45, 2.75) is 27.7 Å². The molecule has 2 nitrogen and oxygen atoms in total. The van der Waals surface area contributed by atoms with E-state index >= 15 is 0 Å². The van der Waals surface area contributed by atoms with E-state index in [1.54, 1.807) is 0 Å². The molecule has 0 N–H and O–H groups in total. The van der Waals surface area contributed by atoms with Gasteiger partial charge in [-0.05, 0) is 173 Å². The summed E-state index contributed by atoms with van der Waals surface area (Å²) in [6.45, 7) is 8.32. The van der Waals surface area contributed by atoms with Gasteiger partial charge in [-0.25, -0.2) is 0 Å². The molecule has 18 aromatic carbocycles. The van der Waals surface area contributed by atoms with Gasteiger partial charge in [0.2, 0.25) is 0 Å². The van der Waals surface area contributed by atoms with Crippen LogP contribution in [0.4, 0.5) is 22.7 Å². The quantitative estimate of drug-likeness (QED) is 0.0681. The average Bonchev–Trinajstić information content (AvgIpc) is 0.831. The number of hydrogen-bond donors (Lipinski definition) is 0. The smallest absolute Gasteiger partial charge is 0.658 e. The third-order valence-electron chi connectivity index (χ3n) is 18.7. The maximum Gasteiger partial charge on any atom is 1.00 e. The van der Waals surface area contributed by atoms with Gasteiger partial charge >= 0.3 is 34.1 Å². The van der Waals surface area contributed by atoms with Crippen molar-refractivity contribution >= 4 is 118 Å². The van der Waals surface area contributed by atoms with Gasteiger partial charge in [-0.15, -0.1) is 22.7 Å². The van der Waals surface area contributed by atoms with Crippen LogP contribution in [0, 0.1) is 27.7 Å². The molecule has 0 amide bonds. The van der Waals surface area contributed by atoms with Crippen LogP contribution in [0.1, 0.15) is 22.3 Å². The van der Waals surface area contributed by atoms with Crippen molar-refractivity contribution in [2.75, 3.05) is 0 Å². The predicted octanol–water partition coefficient (Wildman–Crippen LogP) is 25.4. The minimum atomic E-state index is -0.877. The Labute approximate surface area is 740 Å². The first-order valence-electron chi connectivity index (χ1n) is 40.1. The van der Waals surface area contributed by atoms with Gasteiger partial charge in [-0.2, -0.15) is 0 Å². The van der Waals surface area contributed by atoms with Crippen molar-refractivity contribution in [3.63, 3.8) is 0 Å². The minimum Gasteiger partial charge on any atom is -0.658 e. The molecule has 18 aromatic rings. The van der Waals surface area contributed by atoms with Crippen molar-refractivity contribution in [1.82, 2.24) is 0 Å². The molecule has 0 aliphatic rings. The maximum absolute atomic E-state index is 4.52. The molecule has 0 bridgehead atoms. The van der Waals surface area contributed by atoms with Crippen LogP contribution in [0.5, 0.6) is 0 Å². The summed E-state index contributed by atoms with van der Waals surface area (Å²) in [7, 11) is -3.51. The number of aryl methyl sites for hydroxylation is 4. The zero-order chi connectivity index (χ0) is 81.5. The standard InChI is InChI=1S/4C18H15P.2C14H14N.2C6H6.2Cu/c4*1-4-10-16(11-5-1)19(17-12-6-2-7-13-17)18-14-8-3-9-15-18;2*1-11-3-7-13(8-4-11)15-14-9-5-12(2)6-10-14;2*1-2-4-6-5-3-1;;/h4*1-15H;2*3-10H,1-2H3;2*1-6H;;/q;;;;2*-1;;;2*+1/p+4. The number of rotatable bonds is 16. The van der Waals surface area contributed by atoms with Gasteiger partial charge < -0.3 is 10.6 Å². The molecular formula is C112H104Cu2N2P4+4. The summed E-state index contributed by atoms with van der Waals surface area (Å²) in [6.07, 6.45) is 0. The Morgan fingerprint density at radius 2 is 0.200 bits per heavy atom. The molecule has 600 valence electrons. The molecule has 0 aromatic heterocycles. The van der Waals surface area contributed by atoms with Gasteiger partial charge in [0.05, 0.1) is 31.7 Å². The van der Waals surface area contributed by atoms with Crippen molar-refractivity contribution in [1.29, 1.82) is 0 Å². The second kappa shape index (κ2) is 53.7. The van der Waals surface area contributed by atoms with E-state index in [0.717, 1.165) is 22.7 Å². The molecular weight excluding hydrogens is 1620 g/mol. The number of hydrogen-bond acceptors (Lipinski definition) is 0. The van der Waals surface area contributed by atoms with Crippen LogP contribution in [0.3, 0.4) is 0 Å². The molecule has 18 rings (SSSR count). The fourth-order valence-electron chi connectivity index (χ4n) is 12.8. The zero-order valence-corrected chi connectivity index (χ0v) is 74.2. The third kappa shape index (κ3) is 31.9. The summed E-state index contributed by atoms with van der Waals surface area (Å²) >= 11 is 0. The van der Waals surface area contributed by atoms with E-state index in [1.165, 1.54) is 85.9 Å². The van der Waals surface area contributed by atoms with E-state index in [4.69, 9.17) is 0 Å². The molecule has 0 radical (unpaired) electrons. The molecule has 8 heteroatoms. The van der Waals surface area contributed by atoms with Crippen LogP contribution in [0.2, 0.25) is 0 Å². The molecule has 0 spiro atoms. The first-order chi connectivity index (χ1) is 58.3. The zero-order valence-electron chi connectivity index (χ0n) is 68.3. The third-order valence-corrected chi connectivity index (χ3v) is 29.7. The average molecular weight is 1730 g/mol. The molecule has 0 fully saturated rings. The topological polar surface area (TPSA) is 28.2 Å². The molecule has 0 saturated carbocycles. The molecule has 0 saturated heterocycles. The first kappa shape index (κ1) is 92.2. The van der Waals surface area contributed by atoms with Gasteiger partial charge in [-0.1, -0.05) is 411 Å². The van der Waals surface area contributed by atoms with E-state index in [0.29, 0.717) is 0 Å². The Bertz CT molecular complexity index is 4480. The Kier molecular flexibility index (Phi) is 41.3. The molecule has 0 aliphatic heterocycles. The molecule has 0 unspecified atom stereocenters. The Hall–Kier alpha value is -11.7. The van der Waals surface area contributed by atoms with E-state index in [2.05, 4.69) is 451 Å². The predicted molar refractivity (Wildman–Crippen MR) is 529 cm³/mol. The number of nitrogens with zero attached hydrogens (tertiary/aromatic N) is 2. The Morgan fingerprint density at radius 3 is 0.292 bits per heavy atom. The van der Waals surface area contributed by atoms with Crippen molar-refractivity contribution in [2.24, 2.45) is 0 Å². The van der Waals surface area contributed by atoms with Gasteiger partial charge in [-0.3, -0.25) is 0 Å². The van der Waals surface area contributed by atoms with Gasteiger partial charge in [0.1, 0.15) is 63.7 Å². The summed E-state index contributed by atoms with van der Waals surface area (Å²) in [5.41, 5.74) is 9.06. The summed E-state index contributed by atoms with van der Waals surface area (Å²) in [4.78, 5) is 0. The van der Waals surface area contributed by atoms with Gasteiger partial charge in [0.25, 0.3) is 0 Å². The van der Waals surface area contributed by atoms with E-state index in [1.807, 2.05) is 121 Å². The molecule has 0 heterocycles.